The smallest absolute Gasteiger partial charge is 0.306 e. The van der Waals surface area contributed by atoms with Crippen LogP contribution < -0.4 is 5.32 Å². The molecule has 7 nitrogen and oxygen atoms in total. The van der Waals surface area contributed by atoms with Crippen LogP contribution in [0.15, 0.2) is 30.5 Å². The molecule has 1 aliphatic rings. The van der Waals surface area contributed by atoms with Crippen molar-refractivity contribution in [3.8, 4) is 0 Å². The number of aryl methyl sites for hydroxylation is 1. The Balaban J connectivity index is 1.36. The number of fused-ring (bicyclic) bond motifs is 1. The van der Waals surface area contributed by atoms with Crippen molar-refractivity contribution in [3.05, 3.63) is 36.0 Å². The number of hydrogen-bond acceptors (Lipinski definition) is 5. The van der Waals surface area contributed by atoms with Gasteiger partial charge in [-0.1, -0.05) is 18.2 Å². The number of para-hydroxylation sites is 1. The molecule has 2 heterocycles. The van der Waals surface area contributed by atoms with Gasteiger partial charge in [-0.2, -0.15) is 0 Å². The summed E-state index contributed by atoms with van der Waals surface area (Å²) in [7, 11) is -3.05. The van der Waals surface area contributed by atoms with Crippen LogP contribution in [0.5, 0.6) is 0 Å². The summed E-state index contributed by atoms with van der Waals surface area (Å²) in [5.74, 6) is -0.848. The summed E-state index contributed by atoms with van der Waals surface area (Å²) in [5.41, 5.74) is 2.21. The summed E-state index contributed by atoms with van der Waals surface area (Å²) in [5, 5.41) is 3.73. The van der Waals surface area contributed by atoms with E-state index in [1.54, 1.807) is 0 Å². The van der Waals surface area contributed by atoms with Crippen molar-refractivity contribution in [2.75, 3.05) is 18.1 Å². The molecule has 0 saturated carbocycles. The molecule has 1 atom stereocenters. The van der Waals surface area contributed by atoms with Gasteiger partial charge in [-0.05, 0) is 30.9 Å². The molecule has 1 aromatic carbocycles. The Morgan fingerprint density at radius 2 is 2.08 bits per heavy atom. The highest BCUT2D eigenvalue weighted by Gasteiger charge is 2.28. The predicted octanol–water partition coefficient (Wildman–Crippen LogP) is 1.34. The van der Waals surface area contributed by atoms with Gasteiger partial charge in [0.15, 0.2) is 16.4 Å². The van der Waals surface area contributed by atoms with Crippen molar-refractivity contribution in [2.24, 2.45) is 0 Å². The van der Waals surface area contributed by atoms with E-state index >= 15 is 0 Å². The van der Waals surface area contributed by atoms with Crippen molar-refractivity contribution in [1.82, 2.24) is 10.3 Å². The third kappa shape index (κ3) is 4.85. The van der Waals surface area contributed by atoms with Gasteiger partial charge in [0.05, 0.1) is 11.5 Å². The molecule has 1 aliphatic heterocycles. The zero-order valence-corrected chi connectivity index (χ0v) is 15.2. The molecule has 0 aliphatic carbocycles. The van der Waals surface area contributed by atoms with Crippen LogP contribution in [0, 0.1) is 0 Å². The van der Waals surface area contributed by atoms with Crippen LogP contribution in [-0.4, -0.2) is 49.4 Å². The topological polar surface area (TPSA) is 105 Å². The fourth-order valence-corrected chi connectivity index (χ4v) is 4.83. The minimum atomic E-state index is -3.05. The van der Waals surface area contributed by atoms with Crippen molar-refractivity contribution in [1.29, 1.82) is 0 Å². The van der Waals surface area contributed by atoms with Gasteiger partial charge in [0.25, 0.3) is 5.91 Å². The molecule has 1 amide bonds. The molecule has 2 N–H and O–H groups in total. The van der Waals surface area contributed by atoms with E-state index in [2.05, 4.69) is 10.3 Å². The number of carbonyl (C=O) groups excluding carboxylic acids is 2. The van der Waals surface area contributed by atoms with Crippen LogP contribution in [-0.2, 0) is 30.6 Å². The number of nitrogens with one attached hydrogen (secondary N) is 2. The van der Waals surface area contributed by atoms with E-state index < -0.39 is 21.7 Å². The van der Waals surface area contributed by atoms with Crippen LogP contribution in [0.4, 0.5) is 0 Å². The lowest BCUT2D eigenvalue weighted by molar-refractivity contribution is -0.148. The van der Waals surface area contributed by atoms with Crippen LogP contribution >= 0.6 is 0 Å². The highest BCUT2D eigenvalue weighted by atomic mass is 32.2. The molecule has 0 radical (unpaired) electrons. The average Bonchev–Trinajstić information content (AvgIpc) is 3.16. The zero-order chi connectivity index (χ0) is 18.6. The van der Waals surface area contributed by atoms with E-state index in [4.69, 9.17) is 4.74 Å². The molecule has 0 bridgehead atoms. The minimum absolute atomic E-state index is 0.0443. The summed E-state index contributed by atoms with van der Waals surface area (Å²) < 4.78 is 27.7. The molecule has 1 fully saturated rings. The maximum atomic E-state index is 11.8. The quantitative estimate of drug-likeness (QED) is 0.707. The molecule has 3 rings (SSSR count). The Bertz CT molecular complexity index is 903. The first-order valence-electron chi connectivity index (χ1n) is 8.63. The number of carbonyl (C=O) groups is 2. The number of sulfone groups is 1. The van der Waals surface area contributed by atoms with Gasteiger partial charge >= 0.3 is 5.97 Å². The normalized spacial score (nSPS) is 18.7. The maximum absolute atomic E-state index is 11.8. The lowest BCUT2D eigenvalue weighted by atomic mass is 10.1. The fourth-order valence-electron chi connectivity index (χ4n) is 3.16. The second-order valence-corrected chi connectivity index (χ2v) is 8.77. The van der Waals surface area contributed by atoms with E-state index in [9.17, 15) is 18.0 Å². The molecule has 1 saturated heterocycles. The maximum Gasteiger partial charge on any atom is 0.306 e. The van der Waals surface area contributed by atoms with Crippen LogP contribution in [0.3, 0.4) is 0 Å². The van der Waals surface area contributed by atoms with E-state index in [0.717, 1.165) is 22.9 Å². The Morgan fingerprint density at radius 1 is 1.27 bits per heavy atom. The molecular formula is C18H22N2O5S. The number of amides is 1. The summed E-state index contributed by atoms with van der Waals surface area (Å²) >= 11 is 0. The first-order chi connectivity index (χ1) is 12.4. The molecule has 2 aromatic rings. The molecule has 8 heteroatoms. The number of hydrogen-bond donors (Lipinski definition) is 2. The van der Waals surface area contributed by atoms with Crippen LogP contribution in [0.1, 0.15) is 24.8 Å². The van der Waals surface area contributed by atoms with Crippen molar-refractivity contribution in [3.63, 3.8) is 0 Å². The van der Waals surface area contributed by atoms with Gasteiger partial charge in [-0.15, -0.1) is 0 Å². The average molecular weight is 378 g/mol. The number of benzene rings is 1. The van der Waals surface area contributed by atoms with Crippen LogP contribution in [0.2, 0.25) is 0 Å². The van der Waals surface area contributed by atoms with Gasteiger partial charge in [0, 0.05) is 29.6 Å². The molecule has 0 unspecified atom stereocenters. The van der Waals surface area contributed by atoms with E-state index in [1.165, 1.54) is 0 Å². The van der Waals surface area contributed by atoms with Crippen molar-refractivity contribution < 1.29 is 22.7 Å². The van der Waals surface area contributed by atoms with Gasteiger partial charge in [0.2, 0.25) is 0 Å². The number of H-pyrrole nitrogens is 1. The summed E-state index contributed by atoms with van der Waals surface area (Å²) in [6, 6.07) is 7.59. The number of rotatable bonds is 7. The fraction of sp³-hybridized carbons (Fsp3) is 0.444. The van der Waals surface area contributed by atoms with Gasteiger partial charge in [-0.3, -0.25) is 9.59 Å². The van der Waals surface area contributed by atoms with Crippen molar-refractivity contribution in [2.45, 2.75) is 31.7 Å². The largest absolute Gasteiger partial charge is 0.456 e. The van der Waals surface area contributed by atoms with E-state index in [-0.39, 0.29) is 30.6 Å². The summed E-state index contributed by atoms with van der Waals surface area (Å²) in [4.78, 5) is 26.7. The van der Waals surface area contributed by atoms with Gasteiger partial charge < -0.3 is 15.0 Å². The monoisotopic (exact) mass is 378 g/mol. The second kappa shape index (κ2) is 7.90. The summed E-state index contributed by atoms with van der Waals surface area (Å²) in [6.45, 7) is -0.373. The number of aromatic amines is 1. The Kier molecular flexibility index (Phi) is 5.61. The molecule has 0 spiro atoms. The number of ether oxygens (including phenoxy) is 1. The molecule has 26 heavy (non-hydrogen) atoms. The lowest BCUT2D eigenvalue weighted by Gasteiger charge is -2.11. The standard InChI is InChI=1S/C18H22N2O5S/c21-17(20-14-8-9-26(23,24)12-14)11-25-18(22)7-3-4-13-10-19-16-6-2-1-5-15(13)16/h1-2,5-6,10,14,19H,3-4,7-9,11-12H2,(H,20,21)/t14-/m1/s1. The van der Waals surface area contributed by atoms with Crippen LogP contribution in [0.25, 0.3) is 10.9 Å². The molecular weight excluding hydrogens is 356 g/mol. The Morgan fingerprint density at radius 3 is 2.85 bits per heavy atom. The van der Waals surface area contributed by atoms with E-state index in [0.29, 0.717) is 12.8 Å². The Labute approximate surface area is 152 Å². The first-order valence-corrected chi connectivity index (χ1v) is 10.5. The second-order valence-electron chi connectivity index (χ2n) is 6.54. The third-order valence-electron chi connectivity index (χ3n) is 4.46. The van der Waals surface area contributed by atoms with Crippen molar-refractivity contribution >= 4 is 32.6 Å². The number of aromatic nitrogens is 1. The zero-order valence-electron chi connectivity index (χ0n) is 14.4. The van der Waals surface area contributed by atoms with E-state index in [1.807, 2.05) is 30.5 Å². The third-order valence-corrected chi connectivity index (χ3v) is 6.23. The van der Waals surface area contributed by atoms with Gasteiger partial charge in [-0.25, -0.2) is 8.42 Å². The highest BCUT2D eigenvalue weighted by Crippen LogP contribution is 2.19. The number of esters is 1. The molecule has 140 valence electrons. The SMILES string of the molecule is O=C(COC(=O)CCCc1c[nH]c2ccccc12)N[C@@H]1CCS(=O)(=O)C1. The van der Waals surface area contributed by atoms with Gasteiger partial charge in [0.1, 0.15) is 0 Å². The minimum Gasteiger partial charge on any atom is -0.456 e. The highest BCUT2D eigenvalue weighted by molar-refractivity contribution is 7.91. The first kappa shape index (κ1) is 18.4. The summed E-state index contributed by atoms with van der Waals surface area (Å²) in [6.07, 6.45) is 3.95. The molecule has 1 aromatic heterocycles. The lowest BCUT2D eigenvalue weighted by Crippen LogP contribution is -2.38. The Hall–Kier alpha value is -2.35. The predicted molar refractivity (Wildman–Crippen MR) is 97.4 cm³/mol.